The first-order chi connectivity index (χ1) is 12.8. The van der Waals surface area contributed by atoms with Gasteiger partial charge in [-0.2, -0.15) is 0 Å². The van der Waals surface area contributed by atoms with E-state index >= 15 is 0 Å². The van der Waals surface area contributed by atoms with E-state index in [1.165, 1.54) is 0 Å². The number of carbonyl (C=O) groups is 2. The molecule has 0 aliphatic heterocycles. The molecule has 0 aliphatic carbocycles. The lowest BCUT2D eigenvalue weighted by Gasteiger charge is -2.36. The van der Waals surface area contributed by atoms with Gasteiger partial charge in [0.1, 0.15) is 6.10 Å². The Morgan fingerprint density at radius 2 is 1.33 bits per heavy atom. The second kappa shape index (κ2) is 9.36. The molecule has 0 aromatic heterocycles. The molecule has 2 unspecified atom stereocenters. The minimum atomic E-state index is -0.376. The zero-order valence-corrected chi connectivity index (χ0v) is 16.5. The Morgan fingerprint density at radius 1 is 0.852 bits per heavy atom. The zero-order chi connectivity index (χ0) is 19.9. The van der Waals surface area contributed by atoms with Crippen LogP contribution in [0.2, 0.25) is 0 Å². The van der Waals surface area contributed by atoms with Crippen LogP contribution in [0.5, 0.6) is 0 Å². The summed E-state index contributed by atoms with van der Waals surface area (Å²) in [7, 11) is 0. The third-order valence-electron chi connectivity index (χ3n) is 4.49. The van der Waals surface area contributed by atoms with E-state index in [2.05, 4.69) is 0 Å². The van der Waals surface area contributed by atoms with E-state index in [4.69, 9.17) is 9.47 Å². The van der Waals surface area contributed by atoms with Gasteiger partial charge in [0.2, 0.25) is 0 Å². The first-order valence-electron chi connectivity index (χ1n) is 9.31. The Kier molecular flexibility index (Phi) is 7.17. The fourth-order valence-electron chi connectivity index (χ4n) is 3.00. The van der Waals surface area contributed by atoms with Crippen LogP contribution in [0.25, 0.3) is 0 Å². The lowest BCUT2D eigenvalue weighted by molar-refractivity contribution is -0.0456. The smallest absolute Gasteiger partial charge is 0.338 e. The number of benzene rings is 2. The molecule has 4 heteroatoms. The predicted molar refractivity (Wildman–Crippen MR) is 106 cm³/mol. The fraction of sp³-hybridized carbons (Fsp3) is 0.391. The molecule has 144 valence electrons. The molecule has 0 saturated heterocycles. The lowest BCUT2D eigenvalue weighted by Crippen LogP contribution is -2.40. The molecule has 0 N–H and O–H groups in total. The summed E-state index contributed by atoms with van der Waals surface area (Å²) in [4.78, 5) is 24.8. The molecule has 2 atom stereocenters. The summed E-state index contributed by atoms with van der Waals surface area (Å²) in [6, 6.07) is 17.8. The number of carbonyl (C=O) groups excluding carboxylic acids is 2. The topological polar surface area (TPSA) is 52.6 Å². The summed E-state index contributed by atoms with van der Waals surface area (Å²) in [6.07, 6.45) is 0.352. The third kappa shape index (κ3) is 5.95. The molecular weight excluding hydrogens is 340 g/mol. The van der Waals surface area contributed by atoms with Crippen molar-refractivity contribution in [1.29, 1.82) is 0 Å². The monoisotopic (exact) mass is 368 g/mol. The molecule has 0 spiro atoms. The number of ether oxygens (including phenoxy) is 2. The highest BCUT2D eigenvalue weighted by molar-refractivity contribution is 5.90. The van der Waals surface area contributed by atoms with Crippen LogP contribution < -0.4 is 0 Å². The van der Waals surface area contributed by atoms with E-state index in [0.717, 1.165) is 6.42 Å². The Labute approximate surface area is 161 Å². The average Bonchev–Trinajstić information content (AvgIpc) is 2.67. The van der Waals surface area contributed by atoms with Gasteiger partial charge < -0.3 is 9.47 Å². The maximum absolute atomic E-state index is 12.6. The van der Waals surface area contributed by atoms with Gasteiger partial charge in [-0.25, -0.2) is 9.59 Å². The summed E-state index contributed by atoms with van der Waals surface area (Å²) in [5.41, 5.74) is 0.744. The van der Waals surface area contributed by atoms with Crippen molar-refractivity contribution in [3.8, 4) is 0 Å². The van der Waals surface area contributed by atoms with E-state index in [1.807, 2.05) is 52.0 Å². The van der Waals surface area contributed by atoms with Gasteiger partial charge in [0.25, 0.3) is 0 Å². The number of rotatable bonds is 7. The molecule has 2 aromatic carbocycles. The molecule has 0 saturated carbocycles. The second-order valence-corrected chi connectivity index (χ2v) is 7.69. The Balaban J connectivity index is 2.08. The maximum atomic E-state index is 12.6. The van der Waals surface area contributed by atoms with Crippen LogP contribution >= 0.6 is 0 Å². The number of esters is 2. The van der Waals surface area contributed by atoms with E-state index < -0.39 is 0 Å². The predicted octanol–water partition coefficient (Wildman–Crippen LogP) is 5.14. The Morgan fingerprint density at radius 3 is 1.78 bits per heavy atom. The fourth-order valence-corrected chi connectivity index (χ4v) is 3.00. The van der Waals surface area contributed by atoms with Crippen molar-refractivity contribution in [3.05, 3.63) is 71.8 Å². The highest BCUT2D eigenvalue weighted by Gasteiger charge is 2.35. The molecule has 0 bridgehead atoms. The van der Waals surface area contributed by atoms with Gasteiger partial charge in [-0.05, 0) is 36.1 Å². The lowest BCUT2D eigenvalue weighted by atomic mass is 9.80. The third-order valence-corrected chi connectivity index (χ3v) is 4.49. The van der Waals surface area contributed by atoms with E-state index in [1.54, 1.807) is 36.4 Å². The molecule has 2 rings (SSSR count). The first kappa shape index (κ1) is 20.7. The van der Waals surface area contributed by atoms with Crippen LogP contribution in [0.4, 0.5) is 0 Å². The van der Waals surface area contributed by atoms with Gasteiger partial charge in [-0.1, -0.05) is 64.1 Å². The van der Waals surface area contributed by atoms with Crippen molar-refractivity contribution in [3.63, 3.8) is 0 Å². The van der Waals surface area contributed by atoms with E-state index in [9.17, 15) is 9.59 Å². The van der Waals surface area contributed by atoms with E-state index in [0.29, 0.717) is 11.1 Å². The minimum Gasteiger partial charge on any atom is -0.462 e. The molecule has 0 radical (unpaired) electrons. The molecule has 0 aliphatic rings. The number of hydrogen-bond donors (Lipinski definition) is 0. The van der Waals surface area contributed by atoms with Crippen LogP contribution in [0.3, 0.4) is 0 Å². The van der Waals surface area contributed by atoms with Crippen molar-refractivity contribution >= 4 is 11.9 Å². The normalized spacial score (nSPS) is 13.5. The molecule has 0 amide bonds. The Bertz CT molecular complexity index is 732. The summed E-state index contributed by atoms with van der Waals surface area (Å²) >= 11 is 0. The maximum Gasteiger partial charge on any atom is 0.338 e. The van der Waals surface area contributed by atoms with Crippen molar-refractivity contribution in [2.45, 2.75) is 40.2 Å². The first-order valence-corrected chi connectivity index (χ1v) is 9.31. The van der Waals surface area contributed by atoms with Crippen LogP contribution in [0.1, 0.15) is 54.8 Å². The van der Waals surface area contributed by atoms with Crippen molar-refractivity contribution in [2.75, 3.05) is 6.61 Å². The van der Waals surface area contributed by atoms with Gasteiger partial charge in [0.05, 0.1) is 17.7 Å². The quantitative estimate of drug-likeness (QED) is 0.635. The summed E-state index contributed by atoms with van der Waals surface area (Å²) in [5, 5.41) is 0. The van der Waals surface area contributed by atoms with Gasteiger partial charge in [-0.15, -0.1) is 0 Å². The van der Waals surface area contributed by atoms with Gasteiger partial charge in [-0.3, -0.25) is 0 Å². The molecule has 27 heavy (non-hydrogen) atoms. The van der Waals surface area contributed by atoms with Crippen LogP contribution in [-0.2, 0) is 9.47 Å². The van der Waals surface area contributed by atoms with Crippen LogP contribution in [-0.4, -0.2) is 24.6 Å². The number of hydrogen-bond acceptors (Lipinski definition) is 4. The highest BCUT2D eigenvalue weighted by Crippen LogP contribution is 2.31. The summed E-state index contributed by atoms with van der Waals surface area (Å²) in [5.74, 6) is -0.815. The van der Waals surface area contributed by atoms with Crippen molar-refractivity contribution in [1.82, 2.24) is 0 Å². The summed E-state index contributed by atoms with van der Waals surface area (Å²) in [6.45, 7) is 8.29. The zero-order valence-electron chi connectivity index (χ0n) is 16.5. The summed E-state index contributed by atoms with van der Waals surface area (Å²) < 4.78 is 11.4. The van der Waals surface area contributed by atoms with Gasteiger partial charge in [0, 0.05) is 5.92 Å². The molecule has 4 nitrogen and oxygen atoms in total. The standard InChI is InChI=1S/C23H28O4/c1-5-17(16-26-21(24)18-12-8-6-9-13-18)20(23(2,3)4)27-22(25)19-14-10-7-11-15-19/h6-15,17,20H,5,16H2,1-4H3. The minimum absolute atomic E-state index is 0.0923. The molecule has 0 fully saturated rings. The van der Waals surface area contributed by atoms with Crippen LogP contribution in [0, 0.1) is 11.3 Å². The van der Waals surface area contributed by atoms with E-state index in [-0.39, 0.29) is 36.0 Å². The molecular formula is C23H28O4. The SMILES string of the molecule is CCC(COC(=O)c1ccccc1)C(OC(=O)c1ccccc1)C(C)(C)C. The molecule has 2 aromatic rings. The highest BCUT2D eigenvalue weighted by atomic mass is 16.6. The van der Waals surface area contributed by atoms with Gasteiger partial charge in [0.15, 0.2) is 0 Å². The largest absolute Gasteiger partial charge is 0.462 e. The Hall–Kier alpha value is -2.62. The van der Waals surface area contributed by atoms with Crippen LogP contribution in [0.15, 0.2) is 60.7 Å². The van der Waals surface area contributed by atoms with Crippen molar-refractivity contribution < 1.29 is 19.1 Å². The average molecular weight is 368 g/mol. The van der Waals surface area contributed by atoms with Crippen molar-refractivity contribution in [2.24, 2.45) is 11.3 Å². The second-order valence-electron chi connectivity index (χ2n) is 7.69. The molecule has 0 heterocycles. The van der Waals surface area contributed by atoms with Gasteiger partial charge >= 0.3 is 11.9 Å².